The van der Waals surface area contributed by atoms with Crippen LogP contribution in [0.5, 0.6) is 5.75 Å². The average Bonchev–Trinajstić information content (AvgIpc) is 3.30. The maximum atomic E-state index is 9.77. The molecule has 1 aliphatic carbocycles. The van der Waals surface area contributed by atoms with Gasteiger partial charge in [-0.05, 0) is 81.8 Å². The van der Waals surface area contributed by atoms with Crippen LogP contribution in [-0.2, 0) is 12.8 Å². The van der Waals surface area contributed by atoms with Gasteiger partial charge in [0.15, 0.2) is 0 Å². The SMILES string of the molecule is CN(C)CCC1=CCc2ccccc21.CN(C)CCc1c[nH]c2cccc(O)c12. The summed E-state index contributed by atoms with van der Waals surface area (Å²) in [6.45, 7) is 2.13. The standard InChI is InChI=1S/C13H17N.C12H16N2O/c1-14(2)10-9-12-8-7-11-5-3-4-6-13(11)12;1-14(2)7-6-9-8-13-10-4-3-5-11(15)12(9)10/h3-6,8H,7,9-10H2,1-2H3;3-5,8,13,15H,6-7H2,1-2H3. The maximum absolute atomic E-state index is 9.77. The van der Waals surface area contributed by atoms with Crippen LogP contribution in [0.4, 0.5) is 0 Å². The van der Waals surface area contributed by atoms with E-state index in [4.69, 9.17) is 0 Å². The molecular formula is C25H33N3O. The van der Waals surface area contributed by atoms with Crippen molar-refractivity contribution in [3.63, 3.8) is 0 Å². The summed E-state index contributed by atoms with van der Waals surface area (Å²) >= 11 is 0. The van der Waals surface area contributed by atoms with E-state index in [0.717, 1.165) is 36.8 Å². The average molecular weight is 392 g/mol. The first-order valence-corrected chi connectivity index (χ1v) is 10.3. The van der Waals surface area contributed by atoms with Crippen LogP contribution in [0.2, 0.25) is 0 Å². The fraction of sp³-hybridized carbons (Fsp3) is 0.360. The summed E-state index contributed by atoms with van der Waals surface area (Å²) in [4.78, 5) is 7.55. The van der Waals surface area contributed by atoms with E-state index < -0.39 is 0 Å². The molecule has 0 bridgehead atoms. The van der Waals surface area contributed by atoms with E-state index in [9.17, 15) is 5.11 Å². The van der Waals surface area contributed by atoms with Gasteiger partial charge in [-0.15, -0.1) is 0 Å². The minimum atomic E-state index is 0.363. The molecule has 0 atom stereocenters. The van der Waals surface area contributed by atoms with Crippen LogP contribution in [0, 0.1) is 0 Å². The summed E-state index contributed by atoms with van der Waals surface area (Å²) in [6.07, 6.45) is 7.59. The van der Waals surface area contributed by atoms with Crippen molar-refractivity contribution in [3.05, 3.63) is 71.4 Å². The molecule has 0 saturated carbocycles. The quantitative estimate of drug-likeness (QED) is 0.647. The number of nitrogens with one attached hydrogen (secondary N) is 1. The second-order valence-corrected chi connectivity index (χ2v) is 8.21. The van der Waals surface area contributed by atoms with Crippen molar-refractivity contribution >= 4 is 16.5 Å². The van der Waals surface area contributed by atoms with Crippen molar-refractivity contribution in [2.45, 2.75) is 19.3 Å². The summed E-state index contributed by atoms with van der Waals surface area (Å²) in [5.41, 5.74) is 6.66. The van der Waals surface area contributed by atoms with Crippen LogP contribution in [-0.4, -0.2) is 61.2 Å². The monoisotopic (exact) mass is 391 g/mol. The van der Waals surface area contributed by atoms with Crippen molar-refractivity contribution in [2.24, 2.45) is 0 Å². The number of phenols is 1. The smallest absolute Gasteiger partial charge is 0.125 e. The number of hydrogen-bond acceptors (Lipinski definition) is 3. The molecule has 0 radical (unpaired) electrons. The highest BCUT2D eigenvalue weighted by molar-refractivity contribution is 5.89. The number of fused-ring (bicyclic) bond motifs is 2. The molecule has 0 aliphatic heterocycles. The zero-order chi connectivity index (χ0) is 20.8. The molecular weight excluding hydrogens is 358 g/mol. The molecule has 1 aromatic heterocycles. The van der Waals surface area contributed by atoms with Crippen LogP contribution < -0.4 is 0 Å². The summed E-state index contributed by atoms with van der Waals surface area (Å²) in [5.74, 6) is 0.363. The summed E-state index contributed by atoms with van der Waals surface area (Å²) in [6, 6.07) is 14.3. The third-order valence-electron chi connectivity index (χ3n) is 5.35. The van der Waals surface area contributed by atoms with E-state index in [-0.39, 0.29) is 0 Å². The normalized spacial score (nSPS) is 12.8. The molecule has 0 amide bonds. The van der Waals surface area contributed by atoms with Gasteiger partial charge in [0.2, 0.25) is 0 Å². The van der Waals surface area contributed by atoms with Crippen LogP contribution in [0.3, 0.4) is 0 Å². The minimum Gasteiger partial charge on any atom is -0.507 e. The molecule has 2 aromatic carbocycles. The van der Waals surface area contributed by atoms with Crippen molar-refractivity contribution in [1.29, 1.82) is 0 Å². The zero-order valence-corrected chi connectivity index (χ0v) is 18.1. The molecule has 0 unspecified atom stereocenters. The van der Waals surface area contributed by atoms with E-state index >= 15 is 0 Å². The van der Waals surface area contributed by atoms with Gasteiger partial charge in [-0.25, -0.2) is 0 Å². The Morgan fingerprint density at radius 1 is 0.897 bits per heavy atom. The number of phenolic OH excluding ortho intramolecular Hbond substituents is 1. The van der Waals surface area contributed by atoms with E-state index in [2.05, 4.69) is 73.3 Å². The van der Waals surface area contributed by atoms with Crippen LogP contribution >= 0.6 is 0 Å². The van der Waals surface area contributed by atoms with Gasteiger partial charge in [-0.3, -0.25) is 0 Å². The topological polar surface area (TPSA) is 42.5 Å². The summed E-state index contributed by atoms with van der Waals surface area (Å²) in [5, 5.41) is 10.7. The van der Waals surface area contributed by atoms with Gasteiger partial charge in [-0.1, -0.05) is 36.4 Å². The predicted octanol–water partition coefficient (Wildman–Crippen LogP) is 4.56. The fourth-order valence-electron chi connectivity index (χ4n) is 3.71. The Labute approximate surface area is 174 Å². The molecule has 3 aromatic rings. The third-order valence-corrected chi connectivity index (χ3v) is 5.35. The Hall–Kier alpha value is -2.56. The predicted molar refractivity (Wildman–Crippen MR) is 124 cm³/mol. The highest BCUT2D eigenvalue weighted by atomic mass is 16.3. The highest BCUT2D eigenvalue weighted by Gasteiger charge is 2.12. The molecule has 1 aliphatic rings. The maximum Gasteiger partial charge on any atom is 0.125 e. The number of rotatable bonds is 6. The van der Waals surface area contributed by atoms with Crippen molar-refractivity contribution in [1.82, 2.24) is 14.8 Å². The number of hydrogen-bond donors (Lipinski definition) is 2. The lowest BCUT2D eigenvalue weighted by molar-refractivity contribution is 0.414. The van der Waals surface area contributed by atoms with Crippen molar-refractivity contribution in [3.8, 4) is 5.75 Å². The second-order valence-electron chi connectivity index (χ2n) is 8.21. The number of benzene rings is 2. The van der Waals surface area contributed by atoms with E-state index in [1.165, 1.54) is 28.7 Å². The van der Waals surface area contributed by atoms with Gasteiger partial charge in [0.1, 0.15) is 5.75 Å². The van der Waals surface area contributed by atoms with Gasteiger partial charge in [0.05, 0.1) is 0 Å². The lowest BCUT2D eigenvalue weighted by atomic mass is 10.0. The largest absolute Gasteiger partial charge is 0.507 e. The molecule has 0 spiro atoms. The van der Waals surface area contributed by atoms with Gasteiger partial charge in [-0.2, -0.15) is 0 Å². The van der Waals surface area contributed by atoms with E-state index in [0.29, 0.717) is 5.75 Å². The third kappa shape index (κ3) is 5.49. The number of H-pyrrole nitrogens is 1. The Kier molecular flexibility index (Phi) is 7.13. The first-order chi connectivity index (χ1) is 14.0. The number of aromatic amines is 1. The number of likely N-dealkylation sites (N-methyl/N-ethyl adjacent to an activating group) is 1. The number of aromatic hydroxyl groups is 1. The molecule has 4 rings (SSSR count). The molecule has 1 heterocycles. The van der Waals surface area contributed by atoms with Crippen LogP contribution in [0.1, 0.15) is 23.1 Å². The van der Waals surface area contributed by atoms with Crippen LogP contribution in [0.25, 0.3) is 16.5 Å². The molecule has 0 fully saturated rings. The number of allylic oxidation sites excluding steroid dienone is 1. The molecule has 4 heteroatoms. The zero-order valence-electron chi connectivity index (χ0n) is 18.1. The molecule has 154 valence electrons. The lowest BCUT2D eigenvalue weighted by Crippen LogP contribution is -2.14. The molecule has 4 nitrogen and oxygen atoms in total. The molecule has 0 saturated heterocycles. The molecule has 29 heavy (non-hydrogen) atoms. The fourth-order valence-corrected chi connectivity index (χ4v) is 3.71. The first kappa shape index (κ1) is 21.2. The Bertz CT molecular complexity index is 969. The van der Waals surface area contributed by atoms with Crippen molar-refractivity contribution in [2.75, 3.05) is 41.3 Å². The van der Waals surface area contributed by atoms with E-state index in [1.54, 1.807) is 6.07 Å². The van der Waals surface area contributed by atoms with Crippen molar-refractivity contribution < 1.29 is 5.11 Å². The summed E-state index contributed by atoms with van der Waals surface area (Å²) < 4.78 is 0. The molecule has 2 N–H and O–H groups in total. The van der Waals surface area contributed by atoms with Gasteiger partial charge in [0.25, 0.3) is 0 Å². The van der Waals surface area contributed by atoms with Gasteiger partial charge < -0.3 is 19.9 Å². The Balaban J connectivity index is 0.000000166. The second kappa shape index (κ2) is 9.77. The van der Waals surface area contributed by atoms with Crippen LogP contribution in [0.15, 0.2) is 54.7 Å². The van der Waals surface area contributed by atoms with E-state index in [1.807, 2.05) is 18.3 Å². The Morgan fingerprint density at radius 3 is 2.38 bits per heavy atom. The minimum absolute atomic E-state index is 0.363. The number of nitrogens with zero attached hydrogens (tertiary/aromatic N) is 2. The first-order valence-electron chi connectivity index (χ1n) is 10.3. The van der Waals surface area contributed by atoms with Gasteiger partial charge in [0, 0.05) is 30.2 Å². The Morgan fingerprint density at radius 2 is 1.62 bits per heavy atom. The number of aromatic nitrogens is 1. The lowest BCUT2D eigenvalue weighted by Gasteiger charge is -2.10. The highest BCUT2D eigenvalue weighted by Crippen LogP contribution is 2.29. The van der Waals surface area contributed by atoms with Gasteiger partial charge >= 0.3 is 0 Å². The summed E-state index contributed by atoms with van der Waals surface area (Å²) in [7, 11) is 8.35.